The van der Waals surface area contributed by atoms with E-state index in [4.69, 9.17) is 11.6 Å². The van der Waals surface area contributed by atoms with Crippen molar-refractivity contribution in [2.24, 2.45) is 0 Å². The van der Waals surface area contributed by atoms with E-state index >= 15 is 0 Å². The van der Waals surface area contributed by atoms with E-state index in [9.17, 15) is 18.3 Å². The molecule has 1 fully saturated rings. The normalized spacial score (nSPS) is 20.5. The monoisotopic (exact) mass is 293 g/mol. The molecule has 0 bridgehead atoms. The molecule has 0 aliphatic carbocycles. The van der Waals surface area contributed by atoms with Crippen LogP contribution in [0.4, 0.5) is 13.2 Å². The Morgan fingerprint density at radius 1 is 1.21 bits per heavy atom. The van der Waals surface area contributed by atoms with E-state index in [-0.39, 0.29) is 25.9 Å². The van der Waals surface area contributed by atoms with Gasteiger partial charge in [0.15, 0.2) is 5.60 Å². The summed E-state index contributed by atoms with van der Waals surface area (Å²) < 4.78 is 38.0. The van der Waals surface area contributed by atoms with Gasteiger partial charge in [-0.2, -0.15) is 13.2 Å². The summed E-state index contributed by atoms with van der Waals surface area (Å²) in [6.45, 7) is 0.927. The van der Waals surface area contributed by atoms with Crippen LogP contribution in [0.25, 0.3) is 0 Å². The standard InChI is InChI=1S/C13H15ClF3NO/c14-11-4-2-1-3-10(11)9-18-7-5-12(19,6-8-18)13(15,16)17/h1-4,19H,5-9H2. The van der Waals surface area contributed by atoms with Crippen molar-refractivity contribution >= 4 is 11.6 Å². The highest BCUT2D eigenvalue weighted by atomic mass is 35.5. The summed E-state index contributed by atoms with van der Waals surface area (Å²) in [5.41, 5.74) is -1.65. The first-order valence-corrected chi connectivity index (χ1v) is 6.44. The molecular weight excluding hydrogens is 279 g/mol. The summed E-state index contributed by atoms with van der Waals surface area (Å²) in [6, 6.07) is 7.27. The molecule has 1 saturated heterocycles. The lowest BCUT2D eigenvalue weighted by Gasteiger charge is -2.39. The Bertz CT molecular complexity index is 442. The predicted molar refractivity (Wildman–Crippen MR) is 67.0 cm³/mol. The Balaban J connectivity index is 1.96. The van der Waals surface area contributed by atoms with Gasteiger partial charge in [-0.05, 0) is 24.5 Å². The molecule has 6 heteroatoms. The molecule has 19 heavy (non-hydrogen) atoms. The minimum absolute atomic E-state index is 0.210. The van der Waals surface area contributed by atoms with Gasteiger partial charge in [0.25, 0.3) is 0 Å². The first kappa shape index (κ1) is 14.6. The van der Waals surface area contributed by atoms with Crippen LogP contribution in [-0.4, -0.2) is 34.9 Å². The molecule has 0 spiro atoms. The maximum atomic E-state index is 12.7. The summed E-state index contributed by atoms with van der Waals surface area (Å²) >= 11 is 6.02. The van der Waals surface area contributed by atoms with Crippen LogP contribution in [-0.2, 0) is 6.54 Å². The highest BCUT2D eigenvalue weighted by molar-refractivity contribution is 6.31. The lowest BCUT2D eigenvalue weighted by Crippen LogP contribution is -2.53. The summed E-state index contributed by atoms with van der Waals surface area (Å²) in [4.78, 5) is 1.88. The SMILES string of the molecule is OC1(C(F)(F)F)CCN(Cc2ccccc2Cl)CC1. The number of likely N-dealkylation sites (tertiary alicyclic amines) is 1. The molecule has 2 rings (SSSR count). The molecule has 1 aliphatic heterocycles. The fourth-order valence-electron chi connectivity index (χ4n) is 2.23. The molecule has 0 radical (unpaired) electrons. The largest absolute Gasteiger partial charge is 0.417 e. The summed E-state index contributed by atoms with van der Waals surface area (Å²) in [5.74, 6) is 0. The maximum absolute atomic E-state index is 12.7. The van der Waals surface area contributed by atoms with Gasteiger partial charge < -0.3 is 5.11 Å². The lowest BCUT2D eigenvalue weighted by atomic mass is 9.90. The van der Waals surface area contributed by atoms with Crippen LogP contribution in [0.1, 0.15) is 18.4 Å². The highest BCUT2D eigenvalue weighted by Crippen LogP contribution is 2.38. The molecule has 1 aromatic rings. The molecular formula is C13H15ClF3NO. The van der Waals surface area contributed by atoms with Gasteiger partial charge in [0, 0.05) is 24.7 Å². The van der Waals surface area contributed by atoms with Crippen molar-refractivity contribution in [3.8, 4) is 0 Å². The Morgan fingerprint density at radius 3 is 2.32 bits per heavy atom. The van der Waals surface area contributed by atoms with Crippen LogP contribution < -0.4 is 0 Å². The molecule has 1 heterocycles. The molecule has 2 nitrogen and oxygen atoms in total. The Morgan fingerprint density at radius 2 is 1.79 bits per heavy atom. The average Bonchev–Trinajstić information content (AvgIpc) is 2.34. The summed E-state index contributed by atoms with van der Waals surface area (Å²) in [7, 11) is 0. The molecule has 0 amide bonds. The van der Waals surface area contributed by atoms with Crippen LogP contribution in [0.15, 0.2) is 24.3 Å². The smallest absolute Gasteiger partial charge is 0.380 e. The number of piperidine rings is 1. The first-order chi connectivity index (χ1) is 8.82. The van der Waals surface area contributed by atoms with Gasteiger partial charge in [-0.25, -0.2) is 0 Å². The zero-order chi connectivity index (χ0) is 14.1. The van der Waals surface area contributed by atoms with Crippen molar-refractivity contribution in [2.75, 3.05) is 13.1 Å². The molecule has 1 N–H and O–H groups in total. The van der Waals surface area contributed by atoms with Crippen molar-refractivity contribution in [3.05, 3.63) is 34.9 Å². The van der Waals surface area contributed by atoms with Crippen molar-refractivity contribution < 1.29 is 18.3 Å². The third-order valence-electron chi connectivity index (χ3n) is 3.56. The van der Waals surface area contributed by atoms with E-state index < -0.39 is 11.8 Å². The molecule has 0 unspecified atom stereocenters. The molecule has 0 saturated carbocycles. The molecule has 1 aromatic carbocycles. The van der Waals surface area contributed by atoms with Gasteiger partial charge >= 0.3 is 6.18 Å². The van der Waals surface area contributed by atoms with Crippen LogP contribution in [0.5, 0.6) is 0 Å². The van der Waals surface area contributed by atoms with Gasteiger partial charge in [0.05, 0.1) is 0 Å². The van der Waals surface area contributed by atoms with E-state index in [1.54, 1.807) is 6.07 Å². The third kappa shape index (κ3) is 3.22. The van der Waals surface area contributed by atoms with E-state index in [2.05, 4.69) is 0 Å². The second-order valence-electron chi connectivity index (χ2n) is 4.90. The van der Waals surface area contributed by atoms with Gasteiger partial charge in [-0.1, -0.05) is 29.8 Å². The maximum Gasteiger partial charge on any atom is 0.417 e. The zero-order valence-electron chi connectivity index (χ0n) is 10.3. The Kier molecular flexibility index (Phi) is 4.08. The van der Waals surface area contributed by atoms with Crippen LogP contribution in [0.2, 0.25) is 5.02 Å². The first-order valence-electron chi connectivity index (χ1n) is 6.07. The Hall–Kier alpha value is -0.780. The van der Waals surface area contributed by atoms with Gasteiger partial charge in [0.2, 0.25) is 0 Å². The molecule has 106 valence electrons. The average molecular weight is 294 g/mol. The number of nitrogens with zero attached hydrogens (tertiary/aromatic N) is 1. The van der Waals surface area contributed by atoms with Crippen molar-refractivity contribution in [1.82, 2.24) is 4.90 Å². The number of halogens is 4. The van der Waals surface area contributed by atoms with Crippen molar-refractivity contribution in [3.63, 3.8) is 0 Å². The van der Waals surface area contributed by atoms with Gasteiger partial charge in [-0.15, -0.1) is 0 Å². The van der Waals surface area contributed by atoms with E-state index in [1.807, 2.05) is 23.1 Å². The number of alkyl halides is 3. The quantitative estimate of drug-likeness (QED) is 0.905. The lowest BCUT2D eigenvalue weighted by molar-refractivity contribution is -0.272. The third-order valence-corrected chi connectivity index (χ3v) is 3.93. The number of hydrogen-bond acceptors (Lipinski definition) is 2. The van der Waals surface area contributed by atoms with E-state index in [1.165, 1.54) is 0 Å². The highest BCUT2D eigenvalue weighted by Gasteiger charge is 2.54. The fraction of sp³-hybridized carbons (Fsp3) is 0.538. The summed E-state index contributed by atoms with van der Waals surface area (Å²) in [5, 5.41) is 10.2. The second kappa shape index (κ2) is 5.31. The van der Waals surface area contributed by atoms with E-state index in [0.717, 1.165) is 5.56 Å². The number of rotatable bonds is 2. The topological polar surface area (TPSA) is 23.5 Å². The Labute approximate surface area is 114 Å². The molecule has 0 atom stereocenters. The minimum atomic E-state index is -4.55. The van der Waals surface area contributed by atoms with Crippen molar-refractivity contribution in [1.29, 1.82) is 0 Å². The molecule has 1 aliphatic rings. The zero-order valence-corrected chi connectivity index (χ0v) is 11.0. The predicted octanol–water partition coefficient (Wildman–Crippen LogP) is 3.23. The molecule has 0 aromatic heterocycles. The van der Waals surface area contributed by atoms with Crippen molar-refractivity contribution in [2.45, 2.75) is 31.2 Å². The minimum Gasteiger partial charge on any atom is -0.380 e. The van der Waals surface area contributed by atoms with E-state index in [0.29, 0.717) is 11.6 Å². The number of benzene rings is 1. The number of hydrogen-bond donors (Lipinski definition) is 1. The summed E-state index contributed by atoms with van der Waals surface area (Å²) in [6.07, 6.45) is -5.13. The van der Waals surface area contributed by atoms with Gasteiger partial charge in [0.1, 0.15) is 0 Å². The van der Waals surface area contributed by atoms with Gasteiger partial charge in [-0.3, -0.25) is 4.90 Å². The van der Waals surface area contributed by atoms with Crippen LogP contribution >= 0.6 is 11.6 Å². The van der Waals surface area contributed by atoms with Crippen LogP contribution in [0, 0.1) is 0 Å². The number of aliphatic hydroxyl groups is 1. The second-order valence-corrected chi connectivity index (χ2v) is 5.30. The fourth-order valence-corrected chi connectivity index (χ4v) is 2.43. The van der Waals surface area contributed by atoms with Crippen LogP contribution in [0.3, 0.4) is 0 Å².